The zero-order valence-electron chi connectivity index (χ0n) is 13.7. The second kappa shape index (κ2) is 7.77. The number of rotatable bonds is 3. The van der Waals surface area contributed by atoms with Gasteiger partial charge in [0.05, 0.1) is 19.8 Å². The Kier molecular flexibility index (Phi) is 5.26. The molecule has 0 radical (unpaired) electrons. The van der Waals surface area contributed by atoms with Crippen molar-refractivity contribution < 1.29 is 14.2 Å². The highest BCUT2D eigenvalue weighted by molar-refractivity contribution is 5.07. The third-order valence-corrected chi connectivity index (χ3v) is 4.33. The summed E-state index contributed by atoms with van der Waals surface area (Å²) < 4.78 is 17.5. The number of nitrogens with one attached hydrogen (secondary N) is 3. The maximum absolute atomic E-state index is 5.82. The Labute approximate surface area is 140 Å². The number of hydrogen-bond donors (Lipinski definition) is 3. The molecule has 3 saturated heterocycles. The van der Waals surface area contributed by atoms with Crippen molar-refractivity contribution in [1.82, 2.24) is 30.9 Å². The highest BCUT2D eigenvalue weighted by atomic mass is 16.5. The van der Waals surface area contributed by atoms with Crippen LogP contribution in [-0.4, -0.2) is 74.0 Å². The van der Waals surface area contributed by atoms with Crippen molar-refractivity contribution in [3.05, 3.63) is 17.5 Å². The summed E-state index contributed by atoms with van der Waals surface area (Å²) >= 11 is 0. The van der Waals surface area contributed by atoms with Crippen LogP contribution < -0.4 is 16.0 Å². The SMILES string of the molecule is C1COC(c2nc(C3CNCCO3)nc(C3CNCCO3)n2)CN1. The molecule has 3 aliphatic heterocycles. The van der Waals surface area contributed by atoms with Crippen LogP contribution in [0.1, 0.15) is 35.8 Å². The van der Waals surface area contributed by atoms with Crippen LogP contribution in [-0.2, 0) is 14.2 Å². The van der Waals surface area contributed by atoms with E-state index >= 15 is 0 Å². The highest BCUT2D eigenvalue weighted by Crippen LogP contribution is 2.23. The number of nitrogens with zero attached hydrogens (tertiary/aromatic N) is 3. The fraction of sp³-hybridized carbons (Fsp3) is 0.800. The quantitative estimate of drug-likeness (QED) is 0.632. The van der Waals surface area contributed by atoms with Crippen molar-refractivity contribution in [2.75, 3.05) is 59.1 Å². The summed E-state index contributed by atoms with van der Waals surface area (Å²) in [6, 6.07) is 0. The lowest BCUT2D eigenvalue weighted by atomic mass is 10.2. The number of morpholine rings is 3. The highest BCUT2D eigenvalue weighted by Gasteiger charge is 2.28. The smallest absolute Gasteiger partial charge is 0.162 e. The molecule has 1 aromatic heterocycles. The molecule has 3 atom stereocenters. The first-order valence-corrected chi connectivity index (χ1v) is 8.63. The first-order chi connectivity index (χ1) is 11.9. The Hall–Kier alpha value is -1.23. The van der Waals surface area contributed by atoms with Gasteiger partial charge in [0, 0.05) is 39.3 Å². The van der Waals surface area contributed by atoms with E-state index in [0.717, 1.165) is 19.6 Å². The standard InChI is InChI=1S/C15H24N6O3/c1-4-22-10(7-16-1)13-19-14(11-8-17-2-5-23-11)21-15(20-13)12-9-18-3-6-24-12/h10-12,16-18H,1-9H2. The van der Waals surface area contributed by atoms with Crippen molar-refractivity contribution in [3.63, 3.8) is 0 Å². The Morgan fingerprint density at radius 3 is 1.17 bits per heavy atom. The molecule has 3 aliphatic rings. The second-order valence-corrected chi connectivity index (χ2v) is 6.10. The Morgan fingerprint density at radius 1 is 0.583 bits per heavy atom. The summed E-state index contributed by atoms with van der Waals surface area (Å²) in [5.41, 5.74) is 0. The van der Waals surface area contributed by atoms with E-state index in [1.807, 2.05) is 0 Å². The summed E-state index contributed by atoms with van der Waals surface area (Å²) in [5, 5.41) is 9.96. The van der Waals surface area contributed by atoms with Gasteiger partial charge >= 0.3 is 0 Å². The van der Waals surface area contributed by atoms with Crippen LogP contribution in [0.25, 0.3) is 0 Å². The molecular formula is C15H24N6O3. The van der Waals surface area contributed by atoms with Gasteiger partial charge in [0.15, 0.2) is 17.5 Å². The predicted molar refractivity (Wildman–Crippen MR) is 84.5 cm³/mol. The van der Waals surface area contributed by atoms with Crippen LogP contribution in [0.4, 0.5) is 0 Å². The largest absolute Gasteiger partial charge is 0.368 e. The van der Waals surface area contributed by atoms with Crippen molar-refractivity contribution in [3.8, 4) is 0 Å². The summed E-state index contributed by atoms with van der Waals surface area (Å²) in [7, 11) is 0. The van der Waals surface area contributed by atoms with Gasteiger partial charge in [-0.15, -0.1) is 0 Å². The molecule has 3 fully saturated rings. The van der Waals surface area contributed by atoms with Gasteiger partial charge in [-0.25, -0.2) is 15.0 Å². The summed E-state index contributed by atoms with van der Waals surface area (Å²) in [6.07, 6.45) is -0.480. The lowest BCUT2D eigenvalue weighted by Crippen LogP contribution is -2.38. The minimum atomic E-state index is -0.160. The van der Waals surface area contributed by atoms with Crippen LogP contribution >= 0.6 is 0 Å². The van der Waals surface area contributed by atoms with E-state index in [2.05, 4.69) is 30.9 Å². The number of hydrogen-bond acceptors (Lipinski definition) is 9. The molecule has 0 saturated carbocycles. The molecule has 0 aromatic carbocycles. The minimum Gasteiger partial charge on any atom is -0.368 e. The van der Waals surface area contributed by atoms with Gasteiger partial charge in [-0.3, -0.25) is 0 Å². The normalized spacial score (nSPS) is 31.8. The zero-order valence-corrected chi connectivity index (χ0v) is 13.7. The predicted octanol–water partition coefficient (Wildman–Crippen LogP) is -1.15. The minimum absolute atomic E-state index is 0.160. The van der Waals surface area contributed by atoms with E-state index in [-0.39, 0.29) is 18.3 Å². The molecule has 3 unspecified atom stereocenters. The van der Waals surface area contributed by atoms with Crippen molar-refractivity contribution in [1.29, 1.82) is 0 Å². The molecule has 9 heteroatoms. The molecule has 24 heavy (non-hydrogen) atoms. The molecule has 4 rings (SSSR count). The topological polar surface area (TPSA) is 102 Å². The van der Waals surface area contributed by atoms with E-state index in [0.29, 0.717) is 56.9 Å². The fourth-order valence-electron chi connectivity index (χ4n) is 3.05. The van der Waals surface area contributed by atoms with E-state index < -0.39 is 0 Å². The van der Waals surface area contributed by atoms with E-state index in [1.165, 1.54) is 0 Å². The first-order valence-electron chi connectivity index (χ1n) is 8.63. The van der Waals surface area contributed by atoms with Crippen molar-refractivity contribution in [2.45, 2.75) is 18.3 Å². The van der Waals surface area contributed by atoms with Crippen LogP contribution in [0.3, 0.4) is 0 Å². The van der Waals surface area contributed by atoms with Gasteiger partial charge in [-0.05, 0) is 0 Å². The van der Waals surface area contributed by atoms with Crippen LogP contribution in [0.15, 0.2) is 0 Å². The first kappa shape index (κ1) is 16.2. The molecule has 0 bridgehead atoms. The summed E-state index contributed by atoms with van der Waals surface area (Å²) in [4.78, 5) is 13.9. The van der Waals surface area contributed by atoms with E-state index in [9.17, 15) is 0 Å². The lowest BCUT2D eigenvalue weighted by molar-refractivity contribution is 0.00607. The molecule has 0 amide bonds. The van der Waals surface area contributed by atoms with E-state index in [1.54, 1.807) is 0 Å². The molecule has 4 heterocycles. The van der Waals surface area contributed by atoms with Crippen LogP contribution in [0, 0.1) is 0 Å². The molecule has 132 valence electrons. The number of ether oxygens (including phenoxy) is 3. The molecular weight excluding hydrogens is 312 g/mol. The van der Waals surface area contributed by atoms with Gasteiger partial charge < -0.3 is 30.2 Å². The Balaban J connectivity index is 1.63. The third kappa shape index (κ3) is 3.71. The Bertz CT molecular complexity index is 453. The average Bonchev–Trinajstić information content (AvgIpc) is 2.70. The molecule has 0 spiro atoms. The third-order valence-electron chi connectivity index (χ3n) is 4.33. The van der Waals surface area contributed by atoms with Gasteiger partial charge in [-0.2, -0.15) is 0 Å². The fourth-order valence-corrected chi connectivity index (χ4v) is 3.05. The van der Waals surface area contributed by atoms with Gasteiger partial charge in [0.1, 0.15) is 18.3 Å². The summed E-state index contributed by atoms with van der Waals surface area (Å²) in [5.74, 6) is 1.97. The molecule has 1 aromatic rings. The van der Waals surface area contributed by atoms with Gasteiger partial charge in [0.25, 0.3) is 0 Å². The summed E-state index contributed by atoms with van der Waals surface area (Å²) in [6.45, 7) is 6.65. The van der Waals surface area contributed by atoms with Gasteiger partial charge in [-0.1, -0.05) is 0 Å². The molecule has 9 nitrogen and oxygen atoms in total. The van der Waals surface area contributed by atoms with Crippen molar-refractivity contribution in [2.24, 2.45) is 0 Å². The number of aromatic nitrogens is 3. The molecule has 3 N–H and O–H groups in total. The zero-order chi connectivity index (χ0) is 16.2. The van der Waals surface area contributed by atoms with Gasteiger partial charge in [0.2, 0.25) is 0 Å². The van der Waals surface area contributed by atoms with Crippen LogP contribution in [0.5, 0.6) is 0 Å². The maximum atomic E-state index is 5.82. The monoisotopic (exact) mass is 336 g/mol. The maximum Gasteiger partial charge on any atom is 0.162 e. The average molecular weight is 336 g/mol. The Morgan fingerprint density at radius 2 is 0.917 bits per heavy atom. The molecule has 0 aliphatic carbocycles. The van der Waals surface area contributed by atoms with Crippen LogP contribution in [0.2, 0.25) is 0 Å². The van der Waals surface area contributed by atoms with E-state index in [4.69, 9.17) is 14.2 Å². The van der Waals surface area contributed by atoms with Crippen molar-refractivity contribution >= 4 is 0 Å². The second-order valence-electron chi connectivity index (χ2n) is 6.10. The lowest BCUT2D eigenvalue weighted by Gasteiger charge is -2.27.